The molecule has 2 rings (SSSR count). The number of hydrogen-bond acceptors (Lipinski definition) is 3. The fourth-order valence-corrected chi connectivity index (χ4v) is 2.65. The first-order valence-corrected chi connectivity index (χ1v) is 6.45. The Morgan fingerprint density at radius 3 is 3.06 bits per heavy atom. The third-order valence-corrected chi connectivity index (χ3v) is 3.52. The van der Waals surface area contributed by atoms with E-state index < -0.39 is 0 Å². The lowest BCUT2D eigenvalue weighted by atomic mass is 9.99. The van der Waals surface area contributed by atoms with Crippen LogP contribution in [0.2, 0.25) is 0 Å². The molecule has 1 aliphatic rings. The smallest absolute Gasteiger partial charge is 0.126 e. The maximum atomic E-state index is 13.0. The van der Waals surface area contributed by atoms with E-state index in [0.717, 1.165) is 25.8 Å². The molecule has 0 saturated heterocycles. The summed E-state index contributed by atoms with van der Waals surface area (Å²) in [6.45, 7) is 2.97. The molecule has 100 valence electrons. The number of hydrogen-bond donors (Lipinski definition) is 2. The van der Waals surface area contributed by atoms with E-state index in [1.54, 1.807) is 12.1 Å². The summed E-state index contributed by atoms with van der Waals surface area (Å²) in [4.78, 5) is 0. The van der Waals surface area contributed by atoms with Crippen molar-refractivity contribution >= 4 is 0 Å². The van der Waals surface area contributed by atoms with Gasteiger partial charge in [0.05, 0.1) is 6.61 Å². The Kier molecular flexibility index (Phi) is 4.19. The molecule has 4 heteroatoms. The zero-order chi connectivity index (χ0) is 13.0. The van der Waals surface area contributed by atoms with Gasteiger partial charge in [0.25, 0.3) is 0 Å². The van der Waals surface area contributed by atoms with Gasteiger partial charge in [-0.2, -0.15) is 0 Å². The molecule has 1 fully saturated rings. The molecule has 1 aromatic rings. The van der Waals surface area contributed by atoms with E-state index in [9.17, 15) is 9.50 Å². The lowest BCUT2D eigenvalue weighted by Crippen LogP contribution is -2.46. The summed E-state index contributed by atoms with van der Waals surface area (Å²) in [5.41, 5.74) is -0.229. The van der Waals surface area contributed by atoms with E-state index in [-0.39, 0.29) is 24.1 Å². The van der Waals surface area contributed by atoms with Crippen molar-refractivity contribution in [2.24, 2.45) is 0 Å². The highest BCUT2D eigenvalue weighted by Crippen LogP contribution is 2.32. The van der Waals surface area contributed by atoms with Gasteiger partial charge in [-0.05, 0) is 31.5 Å². The molecular weight excluding hydrogens is 233 g/mol. The number of likely N-dealkylation sites (N-methyl/N-ethyl adjacent to an activating group) is 1. The average molecular weight is 253 g/mol. The normalized spacial score (nSPS) is 27.4. The number of ether oxygens (including phenoxy) is 1. The largest absolute Gasteiger partial charge is 0.490 e. The van der Waals surface area contributed by atoms with Crippen molar-refractivity contribution in [3.8, 4) is 5.75 Å². The van der Waals surface area contributed by atoms with Crippen LogP contribution in [0.25, 0.3) is 0 Å². The third-order valence-electron chi connectivity index (χ3n) is 3.52. The summed E-state index contributed by atoms with van der Waals surface area (Å²) in [7, 11) is 0. The number of nitrogens with one attached hydrogen (secondary N) is 1. The van der Waals surface area contributed by atoms with E-state index in [2.05, 4.69) is 5.32 Å². The Bertz CT molecular complexity index is 399. The lowest BCUT2D eigenvalue weighted by molar-refractivity contribution is 0.142. The van der Waals surface area contributed by atoms with Crippen LogP contribution >= 0.6 is 0 Å². The second kappa shape index (κ2) is 5.67. The Labute approximate surface area is 107 Å². The highest BCUT2D eigenvalue weighted by atomic mass is 19.1. The number of benzene rings is 1. The Hall–Kier alpha value is -1.13. The molecule has 1 saturated carbocycles. The average Bonchev–Trinajstić information content (AvgIpc) is 2.74. The second-order valence-corrected chi connectivity index (χ2v) is 4.91. The molecule has 2 unspecified atom stereocenters. The number of rotatable bonds is 5. The van der Waals surface area contributed by atoms with E-state index in [1.807, 2.05) is 6.92 Å². The SMILES string of the molecule is CCNC1(CO)CCC(Oc2cccc(F)c2)C1. The van der Waals surface area contributed by atoms with Crippen LogP contribution in [0.3, 0.4) is 0 Å². The van der Waals surface area contributed by atoms with Crippen LogP contribution in [0.5, 0.6) is 5.75 Å². The molecule has 0 radical (unpaired) electrons. The van der Waals surface area contributed by atoms with Crippen molar-refractivity contribution in [2.45, 2.75) is 37.8 Å². The fraction of sp³-hybridized carbons (Fsp3) is 0.571. The lowest BCUT2D eigenvalue weighted by Gasteiger charge is -2.27. The van der Waals surface area contributed by atoms with Gasteiger partial charge >= 0.3 is 0 Å². The van der Waals surface area contributed by atoms with Crippen LogP contribution in [0.15, 0.2) is 24.3 Å². The van der Waals surface area contributed by atoms with Gasteiger partial charge < -0.3 is 15.2 Å². The van der Waals surface area contributed by atoms with Gasteiger partial charge in [0.15, 0.2) is 0 Å². The van der Waals surface area contributed by atoms with Crippen LogP contribution in [0, 0.1) is 5.82 Å². The summed E-state index contributed by atoms with van der Waals surface area (Å²) in [6, 6.07) is 6.20. The van der Waals surface area contributed by atoms with Crippen molar-refractivity contribution in [3.63, 3.8) is 0 Å². The minimum Gasteiger partial charge on any atom is -0.490 e. The van der Waals surface area contributed by atoms with Gasteiger partial charge in [0.2, 0.25) is 0 Å². The Balaban J connectivity index is 1.96. The summed E-state index contributed by atoms with van der Waals surface area (Å²) in [6.07, 6.45) is 2.56. The molecule has 3 nitrogen and oxygen atoms in total. The van der Waals surface area contributed by atoms with Crippen LogP contribution in [0.4, 0.5) is 4.39 Å². The van der Waals surface area contributed by atoms with E-state index in [0.29, 0.717) is 5.75 Å². The summed E-state index contributed by atoms with van der Waals surface area (Å²) in [5, 5.41) is 12.8. The molecule has 2 N–H and O–H groups in total. The predicted molar refractivity (Wildman–Crippen MR) is 68.2 cm³/mol. The van der Waals surface area contributed by atoms with E-state index in [1.165, 1.54) is 12.1 Å². The number of halogens is 1. The second-order valence-electron chi connectivity index (χ2n) is 4.91. The molecule has 0 spiro atoms. The third kappa shape index (κ3) is 3.00. The molecule has 0 amide bonds. The molecule has 0 bridgehead atoms. The highest BCUT2D eigenvalue weighted by molar-refractivity contribution is 5.23. The van der Waals surface area contributed by atoms with Gasteiger partial charge in [-0.25, -0.2) is 4.39 Å². The van der Waals surface area contributed by atoms with Crippen LogP contribution < -0.4 is 10.1 Å². The van der Waals surface area contributed by atoms with Gasteiger partial charge in [0, 0.05) is 18.0 Å². The van der Waals surface area contributed by atoms with Gasteiger partial charge in [-0.3, -0.25) is 0 Å². The first-order chi connectivity index (χ1) is 8.67. The van der Waals surface area contributed by atoms with Crippen molar-refractivity contribution in [1.82, 2.24) is 5.32 Å². The Morgan fingerprint density at radius 2 is 2.39 bits per heavy atom. The van der Waals surface area contributed by atoms with Crippen LogP contribution in [0.1, 0.15) is 26.2 Å². The van der Waals surface area contributed by atoms with Crippen molar-refractivity contribution in [3.05, 3.63) is 30.1 Å². The molecule has 0 heterocycles. The quantitative estimate of drug-likeness (QED) is 0.844. The first-order valence-electron chi connectivity index (χ1n) is 6.45. The molecule has 1 aliphatic carbocycles. The maximum Gasteiger partial charge on any atom is 0.126 e. The summed E-state index contributed by atoms with van der Waals surface area (Å²) < 4.78 is 18.8. The summed E-state index contributed by atoms with van der Waals surface area (Å²) >= 11 is 0. The van der Waals surface area contributed by atoms with E-state index >= 15 is 0 Å². The standard InChI is InChI=1S/C14H20FNO2/c1-2-16-14(10-17)7-6-13(9-14)18-12-5-3-4-11(15)8-12/h3-5,8,13,16-17H,2,6-7,9-10H2,1H3. The molecule has 18 heavy (non-hydrogen) atoms. The predicted octanol–water partition coefficient (Wildman–Crippen LogP) is 2.10. The van der Waals surface area contributed by atoms with Gasteiger partial charge in [0.1, 0.15) is 17.7 Å². The van der Waals surface area contributed by atoms with E-state index in [4.69, 9.17) is 4.74 Å². The van der Waals surface area contributed by atoms with Crippen molar-refractivity contribution in [1.29, 1.82) is 0 Å². The van der Waals surface area contributed by atoms with Crippen LogP contribution in [-0.4, -0.2) is 29.9 Å². The van der Waals surface area contributed by atoms with Crippen LogP contribution in [-0.2, 0) is 0 Å². The monoisotopic (exact) mass is 253 g/mol. The number of aliphatic hydroxyl groups is 1. The molecular formula is C14H20FNO2. The molecule has 0 aliphatic heterocycles. The van der Waals surface area contributed by atoms with Crippen molar-refractivity contribution < 1.29 is 14.2 Å². The molecule has 2 atom stereocenters. The van der Waals surface area contributed by atoms with Crippen molar-refractivity contribution in [2.75, 3.05) is 13.2 Å². The maximum absolute atomic E-state index is 13.0. The van der Waals surface area contributed by atoms with Gasteiger partial charge in [-0.15, -0.1) is 0 Å². The zero-order valence-corrected chi connectivity index (χ0v) is 10.7. The Morgan fingerprint density at radius 1 is 1.56 bits per heavy atom. The zero-order valence-electron chi connectivity index (χ0n) is 10.7. The highest BCUT2D eigenvalue weighted by Gasteiger charge is 2.39. The topological polar surface area (TPSA) is 41.5 Å². The number of aliphatic hydroxyl groups excluding tert-OH is 1. The van der Waals surface area contributed by atoms with Gasteiger partial charge in [-0.1, -0.05) is 13.0 Å². The minimum absolute atomic E-state index is 0.0398. The fourth-order valence-electron chi connectivity index (χ4n) is 2.65. The minimum atomic E-state index is -0.286. The summed E-state index contributed by atoms with van der Waals surface area (Å²) in [5.74, 6) is 0.274. The molecule has 0 aromatic heterocycles. The first kappa shape index (κ1) is 13.3. The molecule has 1 aromatic carbocycles.